The van der Waals surface area contributed by atoms with Gasteiger partial charge in [0.1, 0.15) is 11.2 Å². The standard InChI is InChI=1S/C17H26N2O6S/c1-8-9-12(20)23-11-10-26-13(18-14(21)24-16(2,3)4)19(11)15(22)25-17(5,6)7/h10H,8-9H2,1-7H3. The summed E-state index contributed by atoms with van der Waals surface area (Å²) in [5.74, 6) is -0.545. The fraction of sp³-hybridized carbons (Fsp3) is 0.647. The molecule has 1 aromatic heterocycles. The molecular formula is C17H26N2O6S. The van der Waals surface area contributed by atoms with Gasteiger partial charge in [0.25, 0.3) is 0 Å². The van der Waals surface area contributed by atoms with Crippen molar-refractivity contribution in [1.29, 1.82) is 0 Å². The van der Waals surface area contributed by atoms with E-state index >= 15 is 0 Å². The summed E-state index contributed by atoms with van der Waals surface area (Å²) >= 11 is 0.962. The minimum Gasteiger partial charge on any atom is -0.443 e. The third-order valence-electron chi connectivity index (χ3n) is 2.51. The number of nitrogens with zero attached hydrogens (tertiary/aromatic N) is 2. The first-order valence-corrected chi connectivity index (χ1v) is 9.12. The molecule has 0 N–H and O–H groups in total. The van der Waals surface area contributed by atoms with Crippen LogP contribution in [0.25, 0.3) is 0 Å². The molecule has 0 unspecified atom stereocenters. The number of esters is 1. The predicted octanol–water partition coefficient (Wildman–Crippen LogP) is 3.87. The van der Waals surface area contributed by atoms with Crippen molar-refractivity contribution in [3.8, 4) is 5.88 Å². The monoisotopic (exact) mass is 386 g/mol. The van der Waals surface area contributed by atoms with Gasteiger partial charge in [-0.2, -0.15) is 4.57 Å². The van der Waals surface area contributed by atoms with E-state index in [0.717, 1.165) is 15.9 Å². The second-order valence-electron chi connectivity index (χ2n) is 7.49. The molecule has 0 aromatic carbocycles. The number of ether oxygens (including phenoxy) is 3. The molecule has 1 aromatic rings. The van der Waals surface area contributed by atoms with Gasteiger partial charge in [-0.1, -0.05) is 6.92 Å². The van der Waals surface area contributed by atoms with Crippen molar-refractivity contribution in [2.45, 2.75) is 72.5 Å². The quantitative estimate of drug-likeness (QED) is 0.732. The van der Waals surface area contributed by atoms with Crippen LogP contribution in [-0.4, -0.2) is 33.9 Å². The molecule has 0 saturated carbocycles. The molecule has 1 amide bonds. The largest absolute Gasteiger partial charge is 0.443 e. The van der Waals surface area contributed by atoms with Gasteiger partial charge in [0.05, 0.1) is 5.38 Å². The summed E-state index contributed by atoms with van der Waals surface area (Å²) in [6, 6.07) is 0. The number of amides is 1. The average molecular weight is 386 g/mol. The predicted molar refractivity (Wildman–Crippen MR) is 96.3 cm³/mol. The lowest BCUT2D eigenvalue weighted by molar-refractivity contribution is -0.134. The Morgan fingerprint density at radius 2 is 1.65 bits per heavy atom. The number of hydrogen-bond donors (Lipinski definition) is 0. The normalized spacial score (nSPS) is 12.7. The van der Waals surface area contributed by atoms with Crippen LogP contribution in [0.4, 0.5) is 9.59 Å². The van der Waals surface area contributed by atoms with Crippen molar-refractivity contribution in [2.24, 2.45) is 4.99 Å². The second-order valence-corrected chi connectivity index (χ2v) is 8.33. The van der Waals surface area contributed by atoms with Crippen LogP contribution >= 0.6 is 11.3 Å². The van der Waals surface area contributed by atoms with Crippen molar-refractivity contribution in [1.82, 2.24) is 4.57 Å². The highest BCUT2D eigenvalue weighted by atomic mass is 32.1. The van der Waals surface area contributed by atoms with E-state index in [1.807, 2.05) is 6.92 Å². The first-order chi connectivity index (χ1) is 11.8. The Bertz CT molecular complexity index is 734. The van der Waals surface area contributed by atoms with Crippen LogP contribution in [0, 0.1) is 0 Å². The molecule has 0 saturated heterocycles. The summed E-state index contributed by atoms with van der Waals surface area (Å²) in [5.41, 5.74) is -1.51. The Morgan fingerprint density at radius 1 is 1.08 bits per heavy atom. The average Bonchev–Trinajstić information content (AvgIpc) is 2.77. The summed E-state index contributed by atoms with van der Waals surface area (Å²) in [5, 5.41) is 1.42. The van der Waals surface area contributed by atoms with Crippen molar-refractivity contribution in [3.05, 3.63) is 10.2 Å². The molecule has 0 radical (unpaired) electrons. The van der Waals surface area contributed by atoms with Gasteiger partial charge in [-0.3, -0.25) is 4.79 Å². The Morgan fingerprint density at radius 3 is 2.15 bits per heavy atom. The third kappa shape index (κ3) is 7.38. The lowest BCUT2D eigenvalue weighted by Crippen LogP contribution is -2.33. The Hall–Kier alpha value is -2.16. The highest BCUT2D eigenvalue weighted by Gasteiger charge is 2.24. The summed E-state index contributed by atoms with van der Waals surface area (Å²) < 4.78 is 16.6. The molecule has 0 bridgehead atoms. The maximum Gasteiger partial charge on any atom is 0.436 e. The van der Waals surface area contributed by atoms with Gasteiger partial charge < -0.3 is 14.2 Å². The van der Waals surface area contributed by atoms with Gasteiger partial charge in [-0.25, -0.2) is 9.59 Å². The molecule has 0 spiro atoms. The molecule has 146 valence electrons. The Balaban J connectivity index is 3.29. The zero-order chi connectivity index (χ0) is 20.1. The zero-order valence-corrected chi connectivity index (χ0v) is 17.1. The van der Waals surface area contributed by atoms with Crippen molar-refractivity contribution < 1.29 is 28.6 Å². The molecular weight excluding hydrogens is 360 g/mol. The van der Waals surface area contributed by atoms with E-state index in [-0.39, 0.29) is 17.1 Å². The summed E-state index contributed by atoms with van der Waals surface area (Å²) in [6.45, 7) is 12.0. The first kappa shape index (κ1) is 21.9. The van der Waals surface area contributed by atoms with E-state index in [2.05, 4.69) is 4.99 Å². The highest BCUT2D eigenvalue weighted by Crippen LogP contribution is 2.17. The summed E-state index contributed by atoms with van der Waals surface area (Å²) in [6.07, 6.45) is -0.865. The lowest BCUT2D eigenvalue weighted by Gasteiger charge is -2.20. The van der Waals surface area contributed by atoms with Crippen LogP contribution in [-0.2, 0) is 14.3 Å². The SMILES string of the molecule is CCCC(=O)Oc1csc(=NC(=O)OC(C)(C)C)n1C(=O)OC(C)(C)C. The molecule has 9 heteroatoms. The second kappa shape index (κ2) is 8.48. The topological polar surface area (TPSA) is 96.2 Å². The van der Waals surface area contributed by atoms with Crippen LogP contribution in [0.2, 0.25) is 0 Å². The van der Waals surface area contributed by atoms with Gasteiger partial charge in [0, 0.05) is 6.42 Å². The molecule has 0 aliphatic heterocycles. The zero-order valence-electron chi connectivity index (χ0n) is 16.2. The van der Waals surface area contributed by atoms with E-state index in [0.29, 0.717) is 6.42 Å². The summed E-state index contributed by atoms with van der Waals surface area (Å²) in [7, 11) is 0. The first-order valence-electron chi connectivity index (χ1n) is 8.24. The van der Waals surface area contributed by atoms with E-state index < -0.39 is 29.4 Å². The van der Waals surface area contributed by atoms with Crippen molar-refractivity contribution >= 4 is 29.5 Å². The molecule has 0 atom stereocenters. The van der Waals surface area contributed by atoms with E-state index in [9.17, 15) is 14.4 Å². The molecule has 26 heavy (non-hydrogen) atoms. The number of hydrogen-bond acceptors (Lipinski definition) is 7. The Labute approximate surface area is 156 Å². The maximum absolute atomic E-state index is 12.5. The molecule has 0 aliphatic rings. The van der Waals surface area contributed by atoms with Gasteiger partial charge in [0.2, 0.25) is 10.7 Å². The fourth-order valence-electron chi connectivity index (χ4n) is 1.66. The number of thiazole rings is 1. The minimum atomic E-state index is -0.858. The molecule has 1 heterocycles. The Kier molecular flexibility index (Phi) is 7.14. The van der Waals surface area contributed by atoms with Crippen LogP contribution < -0.4 is 9.54 Å². The molecule has 0 aliphatic carbocycles. The number of rotatable bonds is 3. The smallest absolute Gasteiger partial charge is 0.436 e. The van der Waals surface area contributed by atoms with Gasteiger partial charge in [0.15, 0.2) is 0 Å². The number of carbonyl (C=O) groups is 3. The number of aromatic nitrogens is 1. The molecule has 1 rings (SSSR count). The van der Waals surface area contributed by atoms with Crippen LogP contribution in [0.3, 0.4) is 0 Å². The molecule has 0 fully saturated rings. The van der Waals surface area contributed by atoms with Crippen molar-refractivity contribution in [3.63, 3.8) is 0 Å². The van der Waals surface area contributed by atoms with Crippen molar-refractivity contribution in [2.75, 3.05) is 0 Å². The van der Waals surface area contributed by atoms with E-state index in [1.54, 1.807) is 41.5 Å². The lowest BCUT2D eigenvalue weighted by atomic mass is 10.2. The van der Waals surface area contributed by atoms with Gasteiger partial charge in [-0.05, 0) is 48.0 Å². The van der Waals surface area contributed by atoms with Crippen LogP contribution in [0.15, 0.2) is 10.4 Å². The van der Waals surface area contributed by atoms with E-state index in [1.165, 1.54) is 5.38 Å². The number of carbonyl (C=O) groups excluding carboxylic acids is 3. The van der Waals surface area contributed by atoms with Gasteiger partial charge in [-0.15, -0.1) is 16.3 Å². The minimum absolute atomic E-state index is 0.00667. The third-order valence-corrected chi connectivity index (χ3v) is 3.31. The van der Waals surface area contributed by atoms with Crippen LogP contribution in [0.1, 0.15) is 61.3 Å². The van der Waals surface area contributed by atoms with Gasteiger partial charge >= 0.3 is 18.2 Å². The van der Waals surface area contributed by atoms with E-state index in [4.69, 9.17) is 14.2 Å². The maximum atomic E-state index is 12.5. The van der Waals surface area contributed by atoms with Crippen LogP contribution in [0.5, 0.6) is 5.88 Å². The highest BCUT2D eigenvalue weighted by molar-refractivity contribution is 7.07. The fourth-order valence-corrected chi connectivity index (χ4v) is 2.42. The summed E-state index contributed by atoms with van der Waals surface area (Å²) in [4.78, 5) is 40.1. The molecule has 8 nitrogen and oxygen atoms in total.